The van der Waals surface area contributed by atoms with Gasteiger partial charge in [0.2, 0.25) is 0 Å². The van der Waals surface area contributed by atoms with Gasteiger partial charge in [0.1, 0.15) is 11.0 Å². The third kappa shape index (κ3) is 2.68. The van der Waals surface area contributed by atoms with Crippen LogP contribution in [0.5, 0.6) is 0 Å². The second-order valence-electron chi connectivity index (χ2n) is 5.88. The van der Waals surface area contributed by atoms with Gasteiger partial charge in [0.05, 0.1) is 10.0 Å². The molecule has 0 spiro atoms. The zero-order valence-corrected chi connectivity index (χ0v) is 13.1. The molecule has 5 heteroatoms. The predicted molar refractivity (Wildman–Crippen MR) is 81.5 cm³/mol. The minimum atomic E-state index is 0.320. The molecule has 1 aromatic rings. The quantitative estimate of drug-likeness (QED) is 0.736. The van der Waals surface area contributed by atoms with E-state index < -0.39 is 0 Å². The molecule has 3 atom stereocenters. The Balaban J connectivity index is 1.73. The first-order valence-corrected chi connectivity index (χ1v) is 7.90. The molecular formula is C14H17Cl3N2. The van der Waals surface area contributed by atoms with Crippen molar-refractivity contribution in [1.82, 2.24) is 4.98 Å². The van der Waals surface area contributed by atoms with Crippen molar-refractivity contribution < 1.29 is 0 Å². The molecule has 2 nitrogen and oxygen atoms in total. The van der Waals surface area contributed by atoms with E-state index in [4.69, 9.17) is 34.8 Å². The van der Waals surface area contributed by atoms with Crippen molar-refractivity contribution in [3.05, 3.63) is 21.3 Å². The summed E-state index contributed by atoms with van der Waals surface area (Å²) in [4.78, 5) is 6.42. The highest BCUT2D eigenvalue weighted by atomic mass is 35.5. The summed E-state index contributed by atoms with van der Waals surface area (Å²) in [6.45, 7) is 1.01. The number of fused-ring (bicyclic) bond motifs is 2. The summed E-state index contributed by atoms with van der Waals surface area (Å²) in [6.07, 6.45) is 5.59. The Kier molecular flexibility index (Phi) is 3.85. The molecule has 0 saturated heterocycles. The van der Waals surface area contributed by atoms with E-state index in [1.165, 1.54) is 25.7 Å². The number of halogens is 3. The largest absolute Gasteiger partial charge is 0.358 e. The normalized spacial score (nSPS) is 28.9. The highest BCUT2D eigenvalue weighted by molar-refractivity contribution is 6.42. The maximum atomic E-state index is 6.21. The molecule has 104 valence electrons. The lowest BCUT2D eigenvalue weighted by atomic mass is 9.88. The number of aromatic nitrogens is 1. The average molecular weight is 320 g/mol. The van der Waals surface area contributed by atoms with Gasteiger partial charge in [-0.3, -0.25) is 0 Å². The van der Waals surface area contributed by atoms with Crippen LogP contribution in [0.15, 0.2) is 6.07 Å². The van der Waals surface area contributed by atoms with Crippen LogP contribution in [0, 0.1) is 17.8 Å². The van der Waals surface area contributed by atoms with Crippen molar-refractivity contribution in [1.29, 1.82) is 0 Å². The molecule has 1 heterocycles. The number of pyridine rings is 1. The highest BCUT2D eigenvalue weighted by Crippen LogP contribution is 2.48. The third-order valence-corrected chi connectivity index (χ3v) is 5.57. The SMILES string of the molecule is CN(CC1CC2CCC1C2)c1nc(Cl)c(Cl)cc1Cl. The molecule has 1 aromatic heterocycles. The van der Waals surface area contributed by atoms with Crippen molar-refractivity contribution in [2.45, 2.75) is 25.7 Å². The zero-order valence-electron chi connectivity index (χ0n) is 10.9. The van der Waals surface area contributed by atoms with Gasteiger partial charge in [0.25, 0.3) is 0 Å². The van der Waals surface area contributed by atoms with Crippen LogP contribution in [0.3, 0.4) is 0 Å². The molecule has 0 radical (unpaired) electrons. The first kappa shape index (κ1) is 13.8. The summed E-state index contributed by atoms with van der Waals surface area (Å²) in [5.74, 6) is 3.37. The Hall–Kier alpha value is -0.180. The molecule has 3 unspecified atom stereocenters. The third-order valence-electron chi connectivity index (χ3n) is 4.62. The van der Waals surface area contributed by atoms with E-state index in [0.717, 1.165) is 30.1 Å². The monoisotopic (exact) mass is 318 g/mol. The first-order valence-electron chi connectivity index (χ1n) is 6.77. The van der Waals surface area contributed by atoms with Crippen LogP contribution in [0.1, 0.15) is 25.7 Å². The van der Waals surface area contributed by atoms with Crippen molar-refractivity contribution in [2.75, 3.05) is 18.5 Å². The molecule has 0 aliphatic heterocycles. The van der Waals surface area contributed by atoms with Crippen LogP contribution in [0.25, 0.3) is 0 Å². The average Bonchev–Trinajstić information content (AvgIpc) is 2.95. The Morgan fingerprint density at radius 3 is 2.63 bits per heavy atom. The van der Waals surface area contributed by atoms with Crippen LogP contribution in [-0.4, -0.2) is 18.6 Å². The maximum Gasteiger partial charge on any atom is 0.150 e. The van der Waals surface area contributed by atoms with E-state index in [1.807, 2.05) is 7.05 Å². The molecule has 0 amide bonds. The predicted octanol–water partition coefficient (Wildman–Crippen LogP) is 4.91. The fourth-order valence-corrected chi connectivity index (χ4v) is 4.38. The van der Waals surface area contributed by atoms with Gasteiger partial charge in [0, 0.05) is 13.6 Å². The van der Waals surface area contributed by atoms with E-state index in [-0.39, 0.29) is 0 Å². The molecule has 0 N–H and O–H groups in total. The molecule has 19 heavy (non-hydrogen) atoms. The van der Waals surface area contributed by atoms with Gasteiger partial charge < -0.3 is 4.90 Å². The van der Waals surface area contributed by atoms with Gasteiger partial charge in [-0.25, -0.2) is 4.98 Å². The molecule has 2 fully saturated rings. The van der Waals surface area contributed by atoms with Crippen LogP contribution >= 0.6 is 34.8 Å². The molecule has 3 rings (SSSR count). The first-order chi connectivity index (χ1) is 9.04. The summed E-state index contributed by atoms with van der Waals surface area (Å²) < 4.78 is 0. The Labute approximate surface area is 129 Å². The van der Waals surface area contributed by atoms with E-state index in [1.54, 1.807) is 6.07 Å². The van der Waals surface area contributed by atoms with Crippen LogP contribution < -0.4 is 4.90 Å². The summed E-state index contributed by atoms with van der Waals surface area (Å²) in [6, 6.07) is 1.67. The van der Waals surface area contributed by atoms with Crippen molar-refractivity contribution in [2.24, 2.45) is 17.8 Å². The molecular weight excluding hydrogens is 303 g/mol. The fraction of sp³-hybridized carbons (Fsp3) is 0.643. The van der Waals surface area contributed by atoms with E-state index in [9.17, 15) is 0 Å². The summed E-state index contributed by atoms with van der Waals surface area (Å²) >= 11 is 18.1. The second kappa shape index (κ2) is 5.31. The van der Waals surface area contributed by atoms with Crippen LogP contribution in [0.2, 0.25) is 15.2 Å². The van der Waals surface area contributed by atoms with Gasteiger partial charge in [-0.15, -0.1) is 0 Å². The Morgan fingerprint density at radius 2 is 2.00 bits per heavy atom. The lowest BCUT2D eigenvalue weighted by Crippen LogP contribution is -2.29. The number of nitrogens with zero attached hydrogens (tertiary/aromatic N) is 2. The summed E-state index contributed by atoms with van der Waals surface area (Å²) in [7, 11) is 2.03. The molecule has 2 aliphatic rings. The summed E-state index contributed by atoms with van der Waals surface area (Å²) in [5.41, 5.74) is 0. The van der Waals surface area contributed by atoms with Crippen LogP contribution in [-0.2, 0) is 0 Å². The van der Waals surface area contributed by atoms with Crippen LogP contribution in [0.4, 0.5) is 5.82 Å². The van der Waals surface area contributed by atoms with E-state index in [2.05, 4.69) is 9.88 Å². The van der Waals surface area contributed by atoms with Gasteiger partial charge in [-0.1, -0.05) is 41.2 Å². The topological polar surface area (TPSA) is 16.1 Å². The molecule has 2 bridgehead atoms. The number of anilines is 1. The molecule has 2 saturated carbocycles. The van der Waals surface area contributed by atoms with E-state index in [0.29, 0.717) is 15.2 Å². The second-order valence-corrected chi connectivity index (χ2v) is 7.05. The van der Waals surface area contributed by atoms with Gasteiger partial charge >= 0.3 is 0 Å². The number of hydrogen-bond acceptors (Lipinski definition) is 2. The maximum absolute atomic E-state index is 6.21. The van der Waals surface area contributed by atoms with Crippen molar-refractivity contribution in [3.8, 4) is 0 Å². The molecule has 2 aliphatic carbocycles. The highest BCUT2D eigenvalue weighted by Gasteiger charge is 2.39. The van der Waals surface area contributed by atoms with Gasteiger partial charge in [-0.05, 0) is 43.1 Å². The lowest BCUT2D eigenvalue weighted by Gasteiger charge is -2.28. The minimum absolute atomic E-state index is 0.320. The van der Waals surface area contributed by atoms with Crippen molar-refractivity contribution >= 4 is 40.6 Å². The standard InChI is InChI=1S/C14H17Cl3N2/c1-19(7-10-5-8-2-3-9(10)4-8)14-12(16)6-11(15)13(17)18-14/h6,8-10H,2-5,7H2,1H3. The Morgan fingerprint density at radius 1 is 1.21 bits per heavy atom. The molecule has 0 aromatic carbocycles. The van der Waals surface area contributed by atoms with Gasteiger partial charge in [0.15, 0.2) is 0 Å². The summed E-state index contributed by atoms with van der Waals surface area (Å²) in [5, 5.41) is 1.30. The number of rotatable bonds is 3. The van der Waals surface area contributed by atoms with E-state index >= 15 is 0 Å². The smallest absolute Gasteiger partial charge is 0.150 e. The fourth-order valence-electron chi connectivity index (χ4n) is 3.74. The Bertz CT molecular complexity index is 492. The lowest BCUT2D eigenvalue weighted by molar-refractivity contribution is 0.337. The van der Waals surface area contributed by atoms with Crippen molar-refractivity contribution in [3.63, 3.8) is 0 Å². The van der Waals surface area contributed by atoms with Gasteiger partial charge in [-0.2, -0.15) is 0 Å². The number of hydrogen-bond donors (Lipinski definition) is 0. The zero-order chi connectivity index (χ0) is 13.6. The minimum Gasteiger partial charge on any atom is -0.358 e.